The van der Waals surface area contributed by atoms with Crippen molar-refractivity contribution >= 4 is 17.7 Å². The first-order chi connectivity index (χ1) is 13.8. The molecule has 0 bridgehead atoms. The van der Waals surface area contributed by atoms with E-state index >= 15 is 0 Å². The summed E-state index contributed by atoms with van der Waals surface area (Å²) in [6.07, 6.45) is -12.5. The second-order valence-electron chi connectivity index (χ2n) is 6.71. The Hall–Kier alpha value is -2.49. The molecule has 3 nitrogen and oxygen atoms in total. The predicted molar refractivity (Wildman–Crippen MR) is 92.1 cm³/mol. The quantitative estimate of drug-likeness (QED) is 0.488. The van der Waals surface area contributed by atoms with Crippen LogP contribution in [0.2, 0.25) is 5.02 Å². The van der Waals surface area contributed by atoms with Gasteiger partial charge in [-0.3, -0.25) is 4.90 Å². The summed E-state index contributed by atoms with van der Waals surface area (Å²) >= 11 is 5.93. The van der Waals surface area contributed by atoms with E-state index < -0.39 is 53.1 Å². The molecule has 1 fully saturated rings. The van der Waals surface area contributed by atoms with E-state index in [2.05, 4.69) is 0 Å². The van der Waals surface area contributed by atoms with E-state index in [0.29, 0.717) is 12.1 Å². The van der Waals surface area contributed by atoms with E-state index in [1.165, 1.54) is 19.1 Å². The zero-order valence-corrected chi connectivity index (χ0v) is 15.9. The van der Waals surface area contributed by atoms with Crippen molar-refractivity contribution in [3.8, 4) is 0 Å². The number of benzene rings is 2. The Balaban J connectivity index is 1.98. The van der Waals surface area contributed by atoms with Crippen LogP contribution >= 0.6 is 11.6 Å². The third-order valence-electron chi connectivity index (χ3n) is 4.72. The smallest absolute Gasteiger partial charge is 0.416 e. The molecule has 11 heteroatoms. The third-order valence-corrected chi connectivity index (χ3v) is 5.07. The van der Waals surface area contributed by atoms with E-state index in [9.17, 15) is 35.5 Å². The first kappa shape index (κ1) is 22.2. The van der Waals surface area contributed by atoms with Crippen LogP contribution < -0.4 is 0 Å². The molecule has 162 valence electrons. The maximum atomic E-state index is 14.0. The highest BCUT2D eigenvalue weighted by molar-refractivity contribution is 6.31. The Kier molecular flexibility index (Phi) is 5.66. The van der Waals surface area contributed by atoms with Crippen molar-refractivity contribution in [3.63, 3.8) is 0 Å². The Morgan fingerprint density at radius 2 is 1.60 bits per heavy atom. The van der Waals surface area contributed by atoms with Crippen molar-refractivity contribution < 1.29 is 40.3 Å². The summed E-state index contributed by atoms with van der Waals surface area (Å²) in [7, 11) is 0. The molecule has 2 unspecified atom stereocenters. The number of halogens is 8. The number of nitrogens with zero attached hydrogens (tertiary/aromatic N) is 1. The van der Waals surface area contributed by atoms with Gasteiger partial charge < -0.3 is 4.74 Å². The van der Waals surface area contributed by atoms with Gasteiger partial charge in [0.25, 0.3) is 0 Å². The zero-order chi connectivity index (χ0) is 22.4. The molecule has 0 spiro atoms. The van der Waals surface area contributed by atoms with Crippen LogP contribution in [0.15, 0.2) is 36.4 Å². The van der Waals surface area contributed by atoms with Crippen LogP contribution in [0.5, 0.6) is 0 Å². The molecule has 0 saturated carbocycles. The highest BCUT2D eigenvalue weighted by atomic mass is 35.5. The number of carbonyl (C=O) groups excluding carboxylic acids is 1. The van der Waals surface area contributed by atoms with Gasteiger partial charge in [-0.1, -0.05) is 17.7 Å². The van der Waals surface area contributed by atoms with Gasteiger partial charge in [-0.2, -0.15) is 26.3 Å². The molecule has 0 radical (unpaired) electrons. The van der Waals surface area contributed by atoms with Crippen molar-refractivity contribution in [2.75, 3.05) is 0 Å². The standard InChI is InChI=1S/C19H13ClF7NO2/c1-9-16(10-5-11(18(22,23)24)7-12(6-10)19(25,26)27)30-17(29)28(9)8-13-14(20)3-2-4-15(13)21/h2-7,9,16H,8H2,1H3. The molecule has 2 atom stereocenters. The number of hydrogen-bond acceptors (Lipinski definition) is 2. The molecule has 1 amide bonds. The van der Waals surface area contributed by atoms with E-state index in [1.807, 2.05) is 0 Å². The number of hydrogen-bond donors (Lipinski definition) is 0. The molecule has 2 aromatic rings. The summed E-state index contributed by atoms with van der Waals surface area (Å²) in [4.78, 5) is 13.2. The maximum Gasteiger partial charge on any atom is 0.416 e. The molecule has 0 aliphatic carbocycles. The van der Waals surface area contributed by atoms with Gasteiger partial charge in [-0.15, -0.1) is 0 Å². The van der Waals surface area contributed by atoms with Gasteiger partial charge in [-0.25, -0.2) is 9.18 Å². The van der Waals surface area contributed by atoms with Gasteiger partial charge in [0.2, 0.25) is 0 Å². The Bertz CT molecular complexity index is 922. The first-order valence-corrected chi connectivity index (χ1v) is 8.86. The van der Waals surface area contributed by atoms with Crippen LogP contribution in [0.25, 0.3) is 0 Å². The highest BCUT2D eigenvalue weighted by Gasteiger charge is 2.43. The van der Waals surface area contributed by atoms with Crippen LogP contribution in [0.3, 0.4) is 0 Å². The first-order valence-electron chi connectivity index (χ1n) is 8.48. The highest BCUT2D eigenvalue weighted by Crippen LogP contribution is 2.41. The second-order valence-corrected chi connectivity index (χ2v) is 7.12. The molecule has 1 aliphatic heterocycles. The molecule has 0 N–H and O–H groups in total. The Morgan fingerprint density at radius 1 is 1.03 bits per heavy atom. The van der Waals surface area contributed by atoms with Crippen molar-refractivity contribution in [3.05, 3.63) is 69.5 Å². The minimum atomic E-state index is -5.04. The fraction of sp³-hybridized carbons (Fsp3) is 0.316. The van der Waals surface area contributed by atoms with Gasteiger partial charge in [0.1, 0.15) is 11.9 Å². The lowest BCUT2D eigenvalue weighted by atomic mass is 9.97. The van der Waals surface area contributed by atoms with Crippen molar-refractivity contribution in [1.82, 2.24) is 4.90 Å². The van der Waals surface area contributed by atoms with Crippen LogP contribution in [-0.2, 0) is 23.6 Å². The van der Waals surface area contributed by atoms with Crippen molar-refractivity contribution in [1.29, 1.82) is 0 Å². The van der Waals surface area contributed by atoms with Gasteiger partial charge in [0, 0.05) is 10.6 Å². The summed E-state index contributed by atoms with van der Waals surface area (Å²) < 4.78 is 97.7. The summed E-state index contributed by atoms with van der Waals surface area (Å²) in [6, 6.07) is 3.84. The lowest BCUT2D eigenvalue weighted by Gasteiger charge is -2.23. The topological polar surface area (TPSA) is 29.5 Å². The third kappa shape index (κ3) is 4.33. The fourth-order valence-corrected chi connectivity index (χ4v) is 3.38. The average molecular weight is 456 g/mol. The lowest BCUT2D eigenvalue weighted by Crippen LogP contribution is -2.32. The molecule has 0 aromatic heterocycles. The lowest BCUT2D eigenvalue weighted by molar-refractivity contribution is -0.143. The largest absolute Gasteiger partial charge is 0.439 e. The molecule has 1 heterocycles. The van der Waals surface area contributed by atoms with E-state index in [4.69, 9.17) is 16.3 Å². The molecule has 1 aliphatic rings. The normalized spacial score (nSPS) is 19.9. The van der Waals surface area contributed by atoms with Crippen LogP contribution in [0, 0.1) is 5.82 Å². The molecular weight excluding hydrogens is 443 g/mol. The number of ether oxygens (including phenoxy) is 1. The van der Waals surface area contributed by atoms with E-state index in [1.54, 1.807) is 0 Å². The Morgan fingerprint density at radius 3 is 2.10 bits per heavy atom. The zero-order valence-electron chi connectivity index (χ0n) is 15.1. The van der Waals surface area contributed by atoms with Crippen LogP contribution in [0.1, 0.15) is 35.3 Å². The van der Waals surface area contributed by atoms with E-state index in [-0.39, 0.29) is 23.2 Å². The van der Waals surface area contributed by atoms with E-state index in [0.717, 1.165) is 11.0 Å². The minimum Gasteiger partial charge on any atom is -0.439 e. The van der Waals surface area contributed by atoms with Crippen molar-refractivity contribution in [2.45, 2.75) is 38.0 Å². The SMILES string of the molecule is CC1C(c2cc(C(F)(F)F)cc(C(F)(F)F)c2)OC(=O)N1Cc1c(F)cccc1Cl. The van der Waals surface area contributed by atoms with Crippen LogP contribution in [0.4, 0.5) is 35.5 Å². The molecule has 30 heavy (non-hydrogen) atoms. The van der Waals surface area contributed by atoms with Crippen LogP contribution in [-0.4, -0.2) is 17.0 Å². The summed E-state index contributed by atoms with van der Waals surface area (Å²) in [5.41, 5.74) is -3.57. The molecule has 3 rings (SSSR count). The van der Waals surface area contributed by atoms with Crippen molar-refractivity contribution in [2.24, 2.45) is 0 Å². The second kappa shape index (κ2) is 7.64. The molecule has 2 aromatic carbocycles. The van der Waals surface area contributed by atoms with Gasteiger partial charge in [0.15, 0.2) is 0 Å². The minimum absolute atomic E-state index is 0.0110. The molecule has 1 saturated heterocycles. The van der Waals surface area contributed by atoms with Gasteiger partial charge >= 0.3 is 18.4 Å². The monoisotopic (exact) mass is 455 g/mol. The number of carbonyl (C=O) groups is 1. The number of cyclic esters (lactones) is 1. The summed E-state index contributed by atoms with van der Waals surface area (Å²) in [5.74, 6) is -0.718. The number of amides is 1. The number of alkyl halides is 6. The molecular formula is C19H13ClF7NO2. The van der Waals surface area contributed by atoms with Gasteiger partial charge in [-0.05, 0) is 42.8 Å². The summed E-state index contributed by atoms with van der Waals surface area (Å²) in [5, 5.41) is 0.0110. The predicted octanol–water partition coefficient (Wildman–Crippen LogP) is 6.60. The fourth-order valence-electron chi connectivity index (χ4n) is 3.16. The maximum absolute atomic E-state index is 14.0. The average Bonchev–Trinajstić information content (AvgIpc) is 2.91. The summed E-state index contributed by atoms with van der Waals surface area (Å²) in [6.45, 7) is 1.00. The Labute approximate surface area is 171 Å². The van der Waals surface area contributed by atoms with Gasteiger partial charge in [0.05, 0.1) is 23.7 Å². The number of rotatable bonds is 3.